The summed E-state index contributed by atoms with van der Waals surface area (Å²) < 4.78 is 5.38. The summed E-state index contributed by atoms with van der Waals surface area (Å²) in [7, 11) is 0. The maximum Gasteiger partial charge on any atom is 0.255 e. The van der Waals surface area contributed by atoms with Gasteiger partial charge in [-0.05, 0) is 41.8 Å². The van der Waals surface area contributed by atoms with Crippen LogP contribution < -0.4 is 5.32 Å². The number of carbonyl (C=O) groups excluding carboxylic acids is 1. The van der Waals surface area contributed by atoms with Crippen molar-refractivity contribution in [1.82, 2.24) is 4.90 Å². The molecular weight excluding hydrogens is 300 g/mol. The van der Waals surface area contributed by atoms with Crippen LogP contribution in [0.5, 0.6) is 0 Å². The number of hydrogen-bond donors (Lipinski definition) is 1. The van der Waals surface area contributed by atoms with Crippen LogP contribution >= 0.6 is 0 Å². The molecule has 126 valence electrons. The van der Waals surface area contributed by atoms with Crippen LogP contribution in [-0.4, -0.2) is 37.1 Å². The molecular formula is C20H24N2O2. The Hall–Kier alpha value is -2.17. The van der Waals surface area contributed by atoms with Gasteiger partial charge in [0.2, 0.25) is 0 Å². The lowest BCUT2D eigenvalue weighted by Gasteiger charge is -2.26. The SMILES string of the molecule is CCc1cccc(NC(=O)c2cccc(CN3CCOCC3)c2)c1. The highest BCUT2D eigenvalue weighted by Gasteiger charge is 2.12. The van der Waals surface area contributed by atoms with Crippen molar-refractivity contribution in [3.63, 3.8) is 0 Å². The molecule has 1 fully saturated rings. The van der Waals surface area contributed by atoms with Crippen molar-refractivity contribution in [1.29, 1.82) is 0 Å². The molecule has 0 aromatic heterocycles. The first-order valence-electron chi connectivity index (χ1n) is 8.54. The van der Waals surface area contributed by atoms with Gasteiger partial charge in [0.25, 0.3) is 5.91 Å². The molecule has 2 aromatic carbocycles. The van der Waals surface area contributed by atoms with Crippen molar-refractivity contribution < 1.29 is 9.53 Å². The molecule has 0 bridgehead atoms. The Bertz CT molecular complexity index is 694. The normalized spacial score (nSPS) is 15.2. The second kappa shape index (κ2) is 8.08. The Balaban J connectivity index is 1.67. The van der Waals surface area contributed by atoms with Crippen molar-refractivity contribution in [2.75, 3.05) is 31.6 Å². The molecule has 1 N–H and O–H groups in total. The van der Waals surface area contributed by atoms with E-state index in [1.54, 1.807) is 0 Å². The third kappa shape index (κ3) is 4.43. The standard InChI is InChI=1S/C20H24N2O2/c1-2-16-5-4-8-19(14-16)21-20(23)18-7-3-6-17(13-18)15-22-9-11-24-12-10-22/h3-8,13-14H,2,9-12,15H2,1H3,(H,21,23). The summed E-state index contributed by atoms with van der Waals surface area (Å²) in [6.45, 7) is 6.42. The van der Waals surface area contributed by atoms with E-state index < -0.39 is 0 Å². The zero-order chi connectivity index (χ0) is 16.8. The van der Waals surface area contributed by atoms with E-state index in [2.05, 4.69) is 29.3 Å². The quantitative estimate of drug-likeness (QED) is 0.917. The summed E-state index contributed by atoms with van der Waals surface area (Å²) in [5.74, 6) is -0.0629. The summed E-state index contributed by atoms with van der Waals surface area (Å²) >= 11 is 0. The van der Waals surface area contributed by atoms with E-state index in [4.69, 9.17) is 4.74 Å². The minimum absolute atomic E-state index is 0.0629. The number of carbonyl (C=O) groups is 1. The third-order valence-corrected chi connectivity index (χ3v) is 4.29. The van der Waals surface area contributed by atoms with Crippen LogP contribution in [0.15, 0.2) is 48.5 Å². The van der Waals surface area contributed by atoms with E-state index in [1.807, 2.05) is 36.4 Å². The summed E-state index contributed by atoms with van der Waals surface area (Å²) in [5.41, 5.74) is 3.92. The second-order valence-electron chi connectivity index (χ2n) is 6.10. The number of anilines is 1. The lowest BCUT2D eigenvalue weighted by Crippen LogP contribution is -2.35. The number of aryl methyl sites for hydroxylation is 1. The molecule has 0 saturated carbocycles. The molecule has 0 atom stereocenters. The summed E-state index contributed by atoms with van der Waals surface area (Å²) in [6.07, 6.45) is 0.957. The number of amides is 1. The Kier molecular flexibility index (Phi) is 5.62. The molecule has 0 unspecified atom stereocenters. The first-order valence-corrected chi connectivity index (χ1v) is 8.54. The van der Waals surface area contributed by atoms with Crippen molar-refractivity contribution in [2.45, 2.75) is 19.9 Å². The molecule has 1 amide bonds. The summed E-state index contributed by atoms with van der Waals surface area (Å²) in [4.78, 5) is 14.9. The predicted molar refractivity (Wildman–Crippen MR) is 96.3 cm³/mol. The molecule has 2 aromatic rings. The monoisotopic (exact) mass is 324 g/mol. The Morgan fingerprint density at radius 2 is 1.83 bits per heavy atom. The van der Waals surface area contributed by atoms with Gasteiger partial charge in [0.15, 0.2) is 0 Å². The Morgan fingerprint density at radius 1 is 1.08 bits per heavy atom. The maximum atomic E-state index is 12.5. The fraction of sp³-hybridized carbons (Fsp3) is 0.350. The highest BCUT2D eigenvalue weighted by molar-refractivity contribution is 6.04. The first-order chi connectivity index (χ1) is 11.7. The van der Waals surface area contributed by atoms with Gasteiger partial charge in [0.05, 0.1) is 13.2 Å². The predicted octanol–water partition coefficient (Wildman–Crippen LogP) is 3.33. The highest BCUT2D eigenvalue weighted by atomic mass is 16.5. The number of nitrogens with one attached hydrogen (secondary N) is 1. The van der Waals surface area contributed by atoms with E-state index in [0.717, 1.165) is 50.5 Å². The van der Waals surface area contributed by atoms with E-state index in [0.29, 0.717) is 5.56 Å². The van der Waals surface area contributed by atoms with E-state index in [1.165, 1.54) is 5.56 Å². The third-order valence-electron chi connectivity index (χ3n) is 4.29. The molecule has 1 saturated heterocycles. The summed E-state index contributed by atoms with van der Waals surface area (Å²) in [5, 5.41) is 2.99. The minimum atomic E-state index is -0.0629. The molecule has 0 spiro atoms. The van der Waals surface area contributed by atoms with Crippen LogP contribution in [0.3, 0.4) is 0 Å². The molecule has 24 heavy (non-hydrogen) atoms. The first kappa shape index (κ1) is 16.7. The van der Waals surface area contributed by atoms with Gasteiger partial charge in [-0.2, -0.15) is 0 Å². The smallest absolute Gasteiger partial charge is 0.255 e. The molecule has 4 nitrogen and oxygen atoms in total. The van der Waals surface area contributed by atoms with E-state index in [-0.39, 0.29) is 5.91 Å². The molecule has 3 rings (SSSR count). The Labute approximate surface area is 143 Å². The zero-order valence-electron chi connectivity index (χ0n) is 14.1. The van der Waals surface area contributed by atoms with Crippen LogP contribution in [0.1, 0.15) is 28.4 Å². The fourth-order valence-electron chi connectivity index (χ4n) is 2.90. The van der Waals surface area contributed by atoms with Gasteiger partial charge >= 0.3 is 0 Å². The number of nitrogens with zero attached hydrogens (tertiary/aromatic N) is 1. The van der Waals surface area contributed by atoms with Gasteiger partial charge < -0.3 is 10.1 Å². The molecule has 4 heteroatoms. The van der Waals surface area contributed by atoms with Gasteiger partial charge in [-0.25, -0.2) is 0 Å². The van der Waals surface area contributed by atoms with E-state index in [9.17, 15) is 4.79 Å². The average Bonchev–Trinajstić information content (AvgIpc) is 2.63. The van der Waals surface area contributed by atoms with Crippen LogP contribution in [0.4, 0.5) is 5.69 Å². The van der Waals surface area contributed by atoms with Gasteiger partial charge in [0.1, 0.15) is 0 Å². The van der Waals surface area contributed by atoms with Crippen LogP contribution in [0.2, 0.25) is 0 Å². The van der Waals surface area contributed by atoms with Crippen LogP contribution in [-0.2, 0) is 17.7 Å². The van der Waals surface area contributed by atoms with Crippen LogP contribution in [0.25, 0.3) is 0 Å². The van der Waals surface area contributed by atoms with Gasteiger partial charge in [-0.15, -0.1) is 0 Å². The van der Waals surface area contributed by atoms with Crippen molar-refractivity contribution in [3.8, 4) is 0 Å². The largest absolute Gasteiger partial charge is 0.379 e. The molecule has 1 aliphatic rings. The number of ether oxygens (including phenoxy) is 1. The van der Waals surface area contributed by atoms with Gasteiger partial charge in [-0.3, -0.25) is 9.69 Å². The van der Waals surface area contributed by atoms with Crippen molar-refractivity contribution in [3.05, 3.63) is 65.2 Å². The van der Waals surface area contributed by atoms with E-state index >= 15 is 0 Å². The van der Waals surface area contributed by atoms with Gasteiger partial charge in [-0.1, -0.05) is 31.2 Å². The van der Waals surface area contributed by atoms with Gasteiger partial charge in [0, 0.05) is 30.9 Å². The number of morpholine rings is 1. The van der Waals surface area contributed by atoms with Crippen molar-refractivity contribution in [2.24, 2.45) is 0 Å². The lowest BCUT2D eigenvalue weighted by atomic mass is 10.1. The zero-order valence-corrected chi connectivity index (χ0v) is 14.1. The highest BCUT2D eigenvalue weighted by Crippen LogP contribution is 2.14. The lowest BCUT2D eigenvalue weighted by molar-refractivity contribution is 0.0342. The topological polar surface area (TPSA) is 41.6 Å². The average molecular weight is 324 g/mol. The number of hydrogen-bond acceptors (Lipinski definition) is 3. The second-order valence-corrected chi connectivity index (χ2v) is 6.10. The maximum absolute atomic E-state index is 12.5. The molecule has 1 heterocycles. The Morgan fingerprint density at radius 3 is 2.62 bits per heavy atom. The minimum Gasteiger partial charge on any atom is -0.379 e. The molecule has 1 aliphatic heterocycles. The summed E-state index contributed by atoms with van der Waals surface area (Å²) in [6, 6.07) is 15.9. The fourth-order valence-corrected chi connectivity index (χ4v) is 2.90. The van der Waals surface area contributed by atoms with Crippen LogP contribution in [0, 0.1) is 0 Å². The van der Waals surface area contributed by atoms with Crippen molar-refractivity contribution >= 4 is 11.6 Å². The number of benzene rings is 2. The molecule has 0 aliphatic carbocycles. The number of rotatable bonds is 5. The molecule has 0 radical (unpaired) electrons.